The van der Waals surface area contributed by atoms with Gasteiger partial charge in [0.2, 0.25) is 5.89 Å². The van der Waals surface area contributed by atoms with Crippen LogP contribution in [0.1, 0.15) is 24.3 Å². The molecule has 6 nitrogen and oxygen atoms in total. The van der Waals surface area contributed by atoms with E-state index in [-0.39, 0.29) is 17.4 Å². The lowest BCUT2D eigenvalue weighted by Gasteiger charge is -2.03. The fourth-order valence-electron chi connectivity index (χ4n) is 2.74. The standard InChI is InChI=1S/C17H22N2O4S2/c20-25(21)10-7-15(13-25)11-16-18-19-17(23-16)24-9-4-8-22-12-14-5-2-1-3-6-14/h1-3,5-6,15H,4,7-13H2. The SMILES string of the molecule is O=S1(=O)CCC(Cc2nnc(SCCCOCc3ccccc3)o2)C1. The van der Waals surface area contributed by atoms with Crippen molar-refractivity contribution in [1.29, 1.82) is 0 Å². The highest BCUT2D eigenvalue weighted by molar-refractivity contribution is 7.99. The van der Waals surface area contributed by atoms with Crippen molar-refractivity contribution in [3.05, 3.63) is 41.8 Å². The van der Waals surface area contributed by atoms with Crippen molar-refractivity contribution in [2.24, 2.45) is 5.92 Å². The molecule has 0 amide bonds. The first-order valence-electron chi connectivity index (χ1n) is 8.38. The van der Waals surface area contributed by atoms with Gasteiger partial charge < -0.3 is 9.15 Å². The molecule has 1 atom stereocenters. The van der Waals surface area contributed by atoms with Gasteiger partial charge in [0.05, 0.1) is 18.1 Å². The van der Waals surface area contributed by atoms with Gasteiger partial charge in [-0.2, -0.15) is 0 Å². The van der Waals surface area contributed by atoms with E-state index in [9.17, 15) is 8.42 Å². The van der Waals surface area contributed by atoms with Crippen molar-refractivity contribution in [3.63, 3.8) is 0 Å². The molecule has 1 fully saturated rings. The zero-order chi connectivity index (χ0) is 17.5. The summed E-state index contributed by atoms with van der Waals surface area (Å²) >= 11 is 1.51. The minimum absolute atomic E-state index is 0.106. The quantitative estimate of drug-likeness (QED) is 0.487. The average molecular weight is 383 g/mol. The molecule has 8 heteroatoms. The molecular weight excluding hydrogens is 360 g/mol. The van der Waals surface area contributed by atoms with Crippen molar-refractivity contribution in [1.82, 2.24) is 10.2 Å². The van der Waals surface area contributed by atoms with Gasteiger partial charge in [-0.3, -0.25) is 0 Å². The average Bonchev–Trinajstić information content (AvgIpc) is 3.18. The number of rotatable bonds is 9. The fraction of sp³-hybridized carbons (Fsp3) is 0.529. The van der Waals surface area contributed by atoms with Crippen molar-refractivity contribution < 1.29 is 17.6 Å². The van der Waals surface area contributed by atoms with Crippen LogP contribution in [0.15, 0.2) is 40.0 Å². The summed E-state index contributed by atoms with van der Waals surface area (Å²) < 4.78 is 34.2. The Morgan fingerprint density at radius 1 is 1.24 bits per heavy atom. The summed E-state index contributed by atoms with van der Waals surface area (Å²) in [6.07, 6.45) is 2.13. The Kier molecular flexibility index (Phi) is 6.50. The predicted molar refractivity (Wildman–Crippen MR) is 96.2 cm³/mol. The van der Waals surface area contributed by atoms with Gasteiger partial charge >= 0.3 is 0 Å². The summed E-state index contributed by atoms with van der Waals surface area (Å²) in [4.78, 5) is 0. The van der Waals surface area contributed by atoms with Crippen LogP contribution in [0, 0.1) is 5.92 Å². The van der Waals surface area contributed by atoms with Crippen molar-refractivity contribution in [3.8, 4) is 0 Å². The van der Waals surface area contributed by atoms with Gasteiger partial charge in [0.25, 0.3) is 5.22 Å². The maximum Gasteiger partial charge on any atom is 0.276 e. The molecule has 1 aromatic heterocycles. The topological polar surface area (TPSA) is 82.3 Å². The van der Waals surface area contributed by atoms with Crippen molar-refractivity contribution in [2.45, 2.75) is 31.1 Å². The van der Waals surface area contributed by atoms with Gasteiger partial charge in [-0.1, -0.05) is 42.1 Å². The lowest BCUT2D eigenvalue weighted by atomic mass is 10.1. The largest absolute Gasteiger partial charge is 0.416 e. The maximum atomic E-state index is 11.5. The first-order chi connectivity index (χ1) is 12.1. The Morgan fingerprint density at radius 3 is 2.84 bits per heavy atom. The van der Waals surface area contributed by atoms with Crippen LogP contribution in [0.2, 0.25) is 0 Å². The molecule has 136 valence electrons. The molecule has 1 unspecified atom stereocenters. The predicted octanol–water partition coefficient (Wildman–Crippen LogP) is 2.75. The smallest absolute Gasteiger partial charge is 0.276 e. The first kappa shape index (κ1) is 18.4. The maximum absolute atomic E-state index is 11.5. The fourth-order valence-corrected chi connectivity index (χ4v) is 5.30. The summed E-state index contributed by atoms with van der Waals surface area (Å²) in [5, 5.41) is 8.58. The van der Waals surface area contributed by atoms with Gasteiger partial charge in [0, 0.05) is 18.8 Å². The number of ether oxygens (including phenoxy) is 1. The second-order valence-corrected chi connectivity index (χ2v) is 9.45. The van der Waals surface area contributed by atoms with Gasteiger partial charge in [-0.15, -0.1) is 10.2 Å². The van der Waals surface area contributed by atoms with Crippen molar-refractivity contribution >= 4 is 21.6 Å². The number of sulfone groups is 1. The molecule has 25 heavy (non-hydrogen) atoms. The number of hydrogen-bond donors (Lipinski definition) is 0. The molecule has 0 bridgehead atoms. The Balaban J connectivity index is 1.31. The summed E-state index contributed by atoms with van der Waals surface area (Å²) in [6.45, 7) is 1.31. The molecule has 2 aromatic rings. The van der Waals surface area contributed by atoms with E-state index >= 15 is 0 Å². The van der Waals surface area contributed by atoms with E-state index in [0.717, 1.165) is 12.2 Å². The van der Waals surface area contributed by atoms with Crippen molar-refractivity contribution in [2.75, 3.05) is 23.9 Å². The van der Waals surface area contributed by atoms with Gasteiger partial charge in [0.15, 0.2) is 9.84 Å². The Labute approximate surface area is 152 Å². The van der Waals surface area contributed by atoms with E-state index in [1.165, 1.54) is 17.3 Å². The van der Waals surface area contributed by atoms with E-state index in [2.05, 4.69) is 10.2 Å². The number of aromatic nitrogens is 2. The van der Waals surface area contributed by atoms with Crippen LogP contribution in [-0.4, -0.2) is 42.5 Å². The third-order valence-corrected chi connectivity index (χ3v) is 6.75. The zero-order valence-electron chi connectivity index (χ0n) is 14.0. The number of nitrogens with zero attached hydrogens (tertiary/aromatic N) is 2. The highest BCUT2D eigenvalue weighted by Crippen LogP contribution is 2.24. The molecule has 0 aliphatic carbocycles. The molecule has 1 aliphatic heterocycles. The second kappa shape index (κ2) is 8.82. The number of hydrogen-bond acceptors (Lipinski definition) is 7. The highest BCUT2D eigenvalue weighted by atomic mass is 32.2. The lowest BCUT2D eigenvalue weighted by Crippen LogP contribution is -2.07. The van der Waals surface area contributed by atoms with E-state index in [1.54, 1.807) is 0 Å². The van der Waals surface area contributed by atoms with Gasteiger partial charge in [-0.25, -0.2) is 8.42 Å². The number of benzene rings is 1. The summed E-state index contributed by atoms with van der Waals surface area (Å²) in [6, 6.07) is 10.1. The zero-order valence-corrected chi connectivity index (χ0v) is 15.6. The summed E-state index contributed by atoms with van der Waals surface area (Å²) in [7, 11) is -2.86. The van der Waals surface area contributed by atoms with Crippen LogP contribution in [0.3, 0.4) is 0 Å². The molecule has 0 N–H and O–H groups in total. The van der Waals surface area contributed by atoms with Gasteiger partial charge in [0.1, 0.15) is 0 Å². The minimum Gasteiger partial charge on any atom is -0.416 e. The molecule has 0 spiro atoms. The van der Waals surface area contributed by atoms with E-state index in [0.29, 0.717) is 37.2 Å². The second-order valence-electron chi connectivity index (χ2n) is 6.18. The van der Waals surface area contributed by atoms with E-state index in [1.807, 2.05) is 30.3 Å². The molecule has 1 saturated heterocycles. The molecule has 0 radical (unpaired) electrons. The van der Waals surface area contributed by atoms with Crippen LogP contribution >= 0.6 is 11.8 Å². The molecule has 1 aromatic carbocycles. The first-order valence-corrected chi connectivity index (χ1v) is 11.2. The summed E-state index contributed by atoms with van der Waals surface area (Å²) in [5.41, 5.74) is 1.17. The monoisotopic (exact) mass is 382 g/mol. The van der Waals surface area contributed by atoms with Crippen LogP contribution in [0.5, 0.6) is 0 Å². The van der Waals surface area contributed by atoms with Crippen LogP contribution in [-0.2, 0) is 27.6 Å². The third-order valence-electron chi connectivity index (χ3n) is 4.01. The Hall–Kier alpha value is -1.38. The van der Waals surface area contributed by atoms with Crippen LogP contribution in [0.4, 0.5) is 0 Å². The molecular formula is C17H22N2O4S2. The third kappa shape index (κ3) is 6.13. The Morgan fingerprint density at radius 2 is 2.08 bits per heavy atom. The van der Waals surface area contributed by atoms with Gasteiger partial charge in [-0.05, 0) is 24.3 Å². The van der Waals surface area contributed by atoms with E-state index in [4.69, 9.17) is 9.15 Å². The normalized spacial score (nSPS) is 19.3. The molecule has 2 heterocycles. The molecule has 1 aliphatic rings. The van der Waals surface area contributed by atoms with Crippen LogP contribution < -0.4 is 0 Å². The Bertz CT molecular complexity index is 762. The number of thioether (sulfide) groups is 1. The minimum atomic E-state index is -2.86. The summed E-state index contributed by atoms with van der Waals surface area (Å²) in [5.74, 6) is 1.99. The highest BCUT2D eigenvalue weighted by Gasteiger charge is 2.29. The van der Waals surface area contributed by atoms with E-state index < -0.39 is 9.84 Å². The molecule has 0 saturated carbocycles. The van der Waals surface area contributed by atoms with Crippen LogP contribution in [0.25, 0.3) is 0 Å². The lowest BCUT2D eigenvalue weighted by molar-refractivity contribution is 0.122. The molecule has 3 rings (SSSR count).